The molecule has 0 atom stereocenters. The number of carbonyl (C=O) groups excluding carboxylic acids is 1. The van der Waals surface area contributed by atoms with E-state index < -0.39 is 13.2 Å². The van der Waals surface area contributed by atoms with Crippen molar-refractivity contribution in [1.82, 2.24) is 5.32 Å². The molecule has 0 aliphatic carbocycles. The first-order chi connectivity index (χ1) is 7.63. The molecule has 7 heteroatoms. The van der Waals surface area contributed by atoms with Crippen molar-refractivity contribution in [2.24, 2.45) is 0 Å². The van der Waals surface area contributed by atoms with Crippen molar-refractivity contribution in [3.63, 3.8) is 0 Å². The number of nitrogens with one attached hydrogen (secondary N) is 1. The highest BCUT2D eigenvalue weighted by atomic mass is 16.6. The normalized spacial score (nSPS) is 13.5. The van der Waals surface area contributed by atoms with Gasteiger partial charge < -0.3 is 24.8 Å². The molecular formula is C9H10BNO5. The molecule has 16 heavy (non-hydrogen) atoms. The topological polar surface area (TPSA) is 88.0 Å². The Labute approximate surface area is 91.9 Å². The van der Waals surface area contributed by atoms with Crippen molar-refractivity contribution < 1.29 is 24.3 Å². The number of fused-ring (bicyclic) bond motifs is 1. The highest BCUT2D eigenvalue weighted by molar-refractivity contribution is 6.62. The van der Waals surface area contributed by atoms with Gasteiger partial charge in [0, 0.05) is 12.5 Å². The molecule has 0 fully saturated rings. The van der Waals surface area contributed by atoms with Gasteiger partial charge in [-0.2, -0.15) is 0 Å². The Hall–Kier alpha value is -1.73. The molecule has 0 aromatic heterocycles. The van der Waals surface area contributed by atoms with Crippen LogP contribution in [0.3, 0.4) is 0 Å². The summed E-state index contributed by atoms with van der Waals surface area (Å²) < 4.78 is 9.83. The van der Waals surface area contributed by atoms with Gasteiger partial charge in [-0.25, -0.2) is 4.79 Å². The van der Waals surface area contributed by atoms with E-state index in [1.54, 1.807) is 6.07 Å². The summed E-state index contributed by atoms with van der Waals surface area (Å²) in [5, 5.41) is 21.3. The third kappa shape index (κ3) is 1.70. The number of aromatic hydroxyl groups is 1. The van der Waals surface area contributed by atoms with Crippen LogP contribution >= 0.6 is 0 Å². The maximum absolute atomic E-state index is 11.1. The van der Waals surface area contributed by atoms with Crippen molar-refractivity contribution in [3.8, 4) is 11.5 Å². The molecule has 84 valence electrons. The number of rotatable bonds is 1. The predicted octanol–water partition coefficient (Wildman–Crippen LogP) is -0.672. The minimum Gasteiger partial charge on any atom is -0.504 e. The van der Waals surface area contributed by atoms with Crippen LogP contribution in [0, 0.1) is 0 Å². The summed E-state index contributed by atoms with van der Waals surface area (Å²) in [6.45, 7) is 0.223. The van der Waals surface area contributed by atoms with E-state index in [4.69, 9.17) is 9.39 Å². The van der Waals surface area contributed by atoms with Crippen molar-refractivity contribution in [1.29, 1.82) is 0 Å². The van der Waals surface area contributed by atoms with Gasteiger partial charge in [0.1, 0.15) is 0 Å². The maximum atomic E-state index is 11.1. The molecule has 1 aromatic carbocycles. The fourth-order valence-electron chi connectivity index (χ4n) is 1.53. The average Bonchev–Trinajstić information content (AvgIpc) is 2.64. The fourth-order valence-corrected chi connectivity index (χ4v) is 1.53. The van der Waals surface area contributed by atoms with Crippen LogP contribution in [-0.2, 0) is 11.3 Å². The largest absolute Gasteiger partial charge is 0.504 e. The van der Waals surface area contributed by atoms with Crippen LogP contribution in [-0.4, -0.2) is 30.4 Å². The van der Waals surface area contributed by atoms with E-state index in [9.17, 15) is 14.9 Å². The SMILES string of the molecule is CNC(=O)Oc1c(O)ccc2c1B(O)OC2. The fraction of sp³-hybridized carbons (Fsp3) is 0.222. The minimum absolute atomic E-state index is 0.0677. The van der Waals surface area contributed by atoms with Crippen LogP contribution in [0.5, 0.6) is 11.5 Å². The van der Waals surface area contributed by atoms with Gasteiger partial charge in [-0.05, 0) is 11.6 Å². The molecule has 1 heterocycles. The van der Waals surface area contributed by atoms with Gasteiger partial charge in [-0.1, -0.05) is 6.07 Å². The summed E-state index contributed by atoms with van der Waals surface area (Å²) in [5.41, 5.74) is 0.979. The Kier molecular flexibility index (Phi) is 2.72. The highest BCUT2D eigenvalue weighted by Gasteiger charge is 2.33. The molecule has 0 saturated carbocycles. The number of benzene rings is 1. The lowest BCUT2D eigenvalue weighted by Gasteiger charge is -2.10. The molecule has 0 radical (unpaired) electrons. The van der Waals surface area contributed by atoms with Crippen LogP contribution in [0.15, 0.2) is 12.1 Å². The molecule has 0 bridgehead atoms. The van der Waals surface area contributed by atoms with E-state index in [1.165, 1.54) is 13.1 Å². The summed E-state index contributed by atoms with van der Waals surface area (Å²) in [4.78, 5) is 11.1. The van der Waals surface area contributed by atoms with Gasteiger partial charge in [-0.15, -0.1) is 0 Å². The summed E-state index contributed by atoms with van der Waals surface area (Å²) >= 11 is 0. The monoisotopic (exact) mass is 223 g/mol. The van der Waals surface area contributed by atoms with Gasteiger partial charge in [0.15, 0.2) is 11.5 Å². The van der Waals surface area contributed by atoms with Crippen LogP contribution in [0.25, 0.3) is 0 Å². The molecule has 0 spiro atoms. The summed E-state index contributed by atoms with van der Waals surface area (Å²) in [6.07, 6.45) is -0.720. The number of phenolic OH excluding ortho intramolecular Hbond substituents is 1. The average molecular weight is 223 g/mol. The summed E-state index contributed by atoms with van der Waals surface area (Å²) in [5.74, 6) is -0.284. The van der Waals surface area contributed by atoms with E-state index in [0.29, 0.717) is 11.0 Å². The molecule has 1 aliphatic heterocycles. The molecule has 0 saturated heterocycles. The van der Waals surface area contributed by atoms with Gasteiger partial charge >= 0.3 is 13.2 Å². The van der Waals surface area contributed by atoms with E-state index in [2.05, 4.69) is 5.32 Å². The van der Waals surface area contributed by atoms with Gasteiger partial charge in [0.2, 0.25) is 0 Å². The molecule has 1 aliphatic rings. The molecular weight excluding hydrogens is 213 g/mol. The summed E-state index contributed by atoms with van der Waals surface area (Å²) in [6, 6.07) is 3.00. The Morgan fingerprint density at radius 3 is 3.06 bits per heavy atom. The van der Waals surface area contributed by atoms with E-state index in [1.807, 2.05) is 0 Å². The van der Waals surface area contributed by atoms with E-state index in [0.717, 1.165) is 0 Å². The number of hydrogen-bond donors (Lipinski definition) is 3. The smallest absolute Gasteiger partial charge is 0.495 e. The molecule has 3 N–H and O–H groups in total. The molecule has 1 amide bonds. The third-order valence-electron chi connectivity index (χ3n) is 2.31. The number of hydrogen-bond acceptors (Lipinski definition) is 5. The zero-order valence-corrected chi connectivity index (χ0v) is 8.56. The second-order valence-corrected chi connectivity index (χ2v) is 3.29. The Morgan fingerprint density at radius 2 is 2.38 bits per heavy atom. The third-order valence-corrected chi connectivity index (χ3v) is 2.31. The molecule has 2 rings (SSSR count). The quantitative estimate of drug-likeness (QED) is 0.549. The molecule has 1 aromatic rings. The van der Waals surface area contributed by atoms with E-state index in [-0.39, 0.29) is 18.1 Å². The Balaban J connectivity index is 2.43. The van der Waals surface area contributed by atoms with Crippen LogP contribution in [0.4, 0.5) is 4.79 Å². The maximum Gasteiger partial charge on any atom is 0.495 e. The standard InChI is InChI=1S/C9H10BNO5/c1-11-9(13)16-8-6(12)3-2-5-4-15-10(14)7(5)8/h2-3,12,14H,4H2,1H3,(H,11,13). The number of ether oxygens (including phenoxy) is 1. The Bertz CT molecular complexity index is 436. The van der Waals surface area contributed by atoms with Crippen LogP contribution in [0.1, 0.15) is 5.56 Å². The first kappa shape index (κ1) is 10.8. The van der Waals surface area contributed by atoms with Crippen molar-refractivity contribution in [3.05, 3.63) is 17.7 Å². The Morgan fingerprint density at radius 1 is 1.62 bits per heavy atom. The van der Waals surface area contributed by atoms with Crippen molar-refractivity contribution in [2.75, 3.05) is 7.05 Å². The van der Waals surface area contributed by atoms with Gasteiger partial charge in [0.25, 0.3) is 0 Å². The lowest BCUT2D eigenvalue weighted by atomic mass is 9.78. The van der Waals surface area contributed by atoms with Crippen LogP contribution < -0.4 is 15.5 Å². The predicted molar refractivity (Wildman–Crippen MR) is 55.6 cm³/mol. The number of amides is 1. The molecule has 0 unspecified atom stereocenters. The molecule has 6 nitrogen and oxygen atoms in total. The highest BCUT2D eigenvalue weighted by Crippen LogP contribution is 2.28. The number of phenols is 1. The second-order valence-electron chi connectivity index (χ2n) is 3.29. The first-order valence-electron chi connectivity index (χ1n) is 4.67. The summed E-state index contributed by atoms with van der Waals surface area (Å²) in [7, 11) is 0.219. The first-order valence-corrected chi connectivity index (χ1v) is 4.67. The number of carbonyl (C=O) groups is 1. The van der Waals surface area contributed by atoms with Gasteiger partial charge in [0.05, 0.1) is 6.61 Å². The van der Waals surface area contributed by atoms with Crippen molar-refractivity contribution in [2.45, 2.75) is 6.61 Å². The lowest BCUT2D eigenvalue weighted by Crippen LogP contribution is -2.32. The zero-order chi connectivity index (χ0) is 11.7. The van der Waals surface area contributed by atoms with Crippen molar-refractivity contribution >= 4 is 18.7 Å². The second kappa shape index (κ2) is 4.03. The minimum atomic E-state index is -1.18. The van der Waals surface area contributed by atoms with E-state index >= 15 is 0 Å². The zero-order valence-electron chi connectivity index (χ0n) is 8.56. The lowest BCUT2D eigenvalue weighted by molar-refractivity contribution is 0.201. The van der Waals surface area contributed by atoms with Gasteiger partial charge in [-0.3, -0.25) is 0 Å². The van der Waals surface area contributed by atoms with Crippen LogP contribution in [0.2, 0.25) is 0 Å².